The fraction of sp³-hybridized carbons (Fsp3) is 0.375. The minimum absolute atomic E-state index is 0. The first-order chi connectivity index (χ1) is 9.83. The lowest BCUT2D eigenvalue weighted by atomic mass is 10.2. The molecule has 2 aromatic rings. The first-order valence-electron chi connectivity index (χ1n) is 6.99. The van der Waals surface area contributed by atoms with Crippen molar-refractivity contribution in [2.75, 3.05) is 13.2 Å². The molecule has 3 nitrogen and oxygen atoms in total. The Morgan fingerprint density at radius 1 is 1.19 bits per heavy atom. The number of hydrogen-bond donors (Lipinski definition) is 1. The van der Waals surface area contributed by atoms with Gasteiger partial charge in [0.1, 0.15) is 11.5 Å². The van der Waals surface area contributed by atoms with Crippen LogP contribution in [0.25, 0.3) is 11.3 Å². The normalized spacial score (nSPS) is 17.7. The maximum atomic E-state index is 6.17. The van der Waals surface area contributed by atoms with Crippen LogP contribution in [0.1, 0.15) is 18.6 Å². The summed E-state index contributed by atoms with van der Waals surface area (Å²) in [4.78, 5) is 0. The Morgan fingerprint density at radius 3 is 2.81 bits per heavy atom. The SMILES string of the molecule is Cl.Clc1ccccc1-c1ccc(CNCC2CCCO2)o1. The summed E-state index contributed by atoms with van der Waals surface area (Å²) < 4.78 is 11.4. The van der Waals surface area contributed by atoms with Gasteiger partial charge in [-0.3, -0.25) is 0 Å². The minimum atomic E-state index is 0. The third-order valence-corrected chi connectivity index (χ3v) is 3.83. The Morgan fingerprint density at radius 2 is 2.05 bits per heavy atom. The van der Waals surface area contributed by atoms with E-state index < -0.39 is 0 Å². The predicted octanol–water partition coefficient (Wildman–Crippen LogP) is 4.29. The Balaban J connectivity index is 0.00000161. The molecule has 5 heteroatoms. The van der Waals surface area contributed by atoms with Gasteiger partial charge in [0.2, 0.25) is 0 Å². The van der Waals surface area contributed by atoms with Gasteiger partial charge in [-0.15, -0.1) is 12.4 Å². The van der Waals surface area contributed by atoms with Crippen LogP contribution in [0.15, 0.2) is 40.8 Å². The zero-order valence-corrected chi connectivity index (χ0v) is 13.3. The molecule has 1 atom stereocenters. The van der Waals surface area contributed by atoms with Gasteiger partial charge in [0.15, 0.2) is 0 Å². The maximum Gasteiger partial charge on any atom is 0.135 e. The Kier molecular flexibility index (Phi) is 6.12. The summed E-state index contributed by atoms with van der Waals surface area (Å²) in [6, 6.07) is 11.7. The minimum Gasteiger partial charge on any atom is -0.460 e. The summed E-state index contributed by atoms with van der Waals surface area (Å²) in [6.07, 6.45) is 2.67. The molecule has 1 saturated heterocycles. The number of benzene rings is 1. The highest BCUT2D eigenvalue weighted by atomic mass is 35.5. The van der Waals surface area contributed by atoms with Crippen LogP contribution >= 0.6 is 24.0 Å². The van der Waals surface area contributed by atoms with Crippen molar-refractivity contribution in [2.24, 2.45) is 0 Å². The highest BCUT2D eigenvalue weighted by Crippen LogP contribution is 2.28. The number of furan rings is 1. The summed E-state index contributed by atoms with van der Waals surface area (Å²) in [5.41, 5.74) is 0.930. The molecule has 1 aromatic carbocycles. The topological polar surface area (TPSA) is 34.4 Å². The summed E-state index contributed by atoms with van der Waals surface area (Å²) in [5, 5.41) is 4.08. The van der Waals surface area contributed by atoms with Gasteiger partial charge in [0.25, 0.3) is 0 Å². The van der Waals surface area contributed by atoms with Crippen LogP contribution in [0.5, 0.6) is 0 Å². The van der Waals surface area contributed by atoms with Gasteiger partial charge in [0, 0.05) is 18.7 Å². The van der Waals surface area contributed by atoms with Gasteiger partial charge < -0.3 is 14.5 Å². The lowest BCUT2D eigenvalue weighted by molar-refractivity contribution is 0.109. The Hall–Kier alpha value is -1.00. The molecular formula is C16H19Cl2NO2. The number of halogens is 2. The van der Waals surface area contributed by atoms with Crippen LogP contribution in [-0.4, -0.2) is 19.3 Å². The fourth-order valence-electron chi connectivity index (χ4n) is 2.44. The largest absolute Gasteiger partial charge is 0.460 e. The van der Waals surface area contributed by atoms with E-state index in [0.717, 1.165) is 36.7 Å². The lowest BCUT2D eigenvalue weighted by Crippen LogP contribution is -2.25. The third-order valence-electron chi connectivity index (χ3n) is 3.50. The van der Waals surface area contributed by atoms with Crippen molar-refractivity contribution in [2.45, 2.75) is 25.5 Å². The highest BCUT2D eigenvalue weighted by Gasteiger charge is 2.15. The molecule has 1 N–H and O–H groups in total. The molecule has 0 radical (unpaired) electrons. The molecule has 1 aliphatic heterocycles. The molecule has 1 aromatic heterocycles. The average Bonchev–Trinajstić information content (AvgIpc) is 3.11. The maximum absolute atomic E-state index is 6.17. The van der Waals surface area contributed by atoms with Gasteiger partial charge in [-0.2, -0.15) is 0 Å². The van der Waals surface area contributed by atoms with Crippen LogP contribution < -0.4 is 5.32 Å². The van der Waals surface area contributed by atoms with E-state index in [1.807, 2.05) is 36.4 Å². The summed E-state index contributed by atoms with van der Waals surface area (Å²) in [6.45, 7) is 2.48. The summed E-state index contributed by atoms with van der Waals surface area (Å²) in [5.74, 6) is 1.72. The van der Waals surface area contributed by atoms with Crippen LogP contribution in [0.4, 0.5) is 0 Å². The van der Waals surface area contributed by atoms with Gasteiger partial charge in [-0.25, -0.2) is 0 Å². The molecule has 0 aliphatic carbocycles. The van der Waals surface area contributed by atoms with Crippen LogP contribution in [0.2, 0.25) is 5.02 Å². The fourth-order valence-corrected chi connectivity index (χ4v) is 2.67. The van der Waals surface area contributed by atoms with E-state index in [1.165, 1.54) is 6.42 Å². The van der Waals surface area contributed by atoms with Crippen LogP contribution in [0.3, 0.4) is 0 Å². The molecule has 0 amide bonds. The Bertz CT molecular complexity index is 565. The van der Waals surface area contributed by atoms with E-state index in [-0.39, 0.29) is 12.4 Å². The van der Waals surface area contributed by atoms with Crippen molar-refractivity contribution in [1.29, 1.82) is 0 Å². The molecule has 21 heavy (non-hydrogen) atoms. The van der Waals surface area contributed by atoms with Crippen molar-refractivity contribution in [3.63, 3.8) is 0 Å². The van der Waals surface area contributed by atoms with Crippen molar-refractivity contribution < 1.29 is 9.15 Å². The monoisotopic (exact) mass is 327 g/mol. The van der Waals surface area contributed by atoms with Crippen molar-refractivity contribution in [1.82, 2.24) is 5.32 Å². The molecule has 0 bridgehead atoms. The molecular weight excluding hydrogens is 309 g/mol. The second kappa shape index (κ2) is 7.85. The molecule has 1 fully saturated rings. The van der Waals surface area contributed by atoms with Crippen LogP contribution in [-0.2, 0) is 11.3 Å². The first-order valence-corrected chi connectivity index (χ1v) is 7.36. The number of rotatable bonds is 5. The van der Waals surface area contributed by atoms with E-state index in [2.05, 4.69) is 5.32 Å². The number of hydrogen-bond acceptors (Lipinski definition) is 3. The zero-order valence-electron chi connectivity index (χ0n) is 11.7. The third kappa shape index (κ3) is 4.24. The average molecular weight is 328 g/mol. The Labute approximate surface area is 136 Å². The van der Waals surface area contributed by atoms with Gasteiger partial charge in [-0.05, 0) is 37.1 Å². The van der Waals surface area contributed by atoms with Crippen molar-refractivity contribution in [3.8, 4) is 11.3 Å². The van der Waals surface area contributed by atoms with E-state index in [0.29, 0.717) is 17.7 Å². The molecule has 2 heterocycles. The second-order valence-electron chi connectivity index (χ2n) is 5.01. The highest BCUT2D eigenvalue weighted by molar-refractivity contribution is 6.33. The number of ether oxygens (including phenoxy) is 1. The predicted molar refractivity (Wildman–Crippen MR) is 87.1 cm³/mol. The van der Waals surface area contributed by atoms with Crippen molar-refractivity contribution in [3.05, 3.63) is 47.2 Å². The summed E-state index contributed by atoms with van der Waals surface area (Å²) in [7, 11) is 0. The smallest absolute Gasteiger partial charge is 0.135 e. The standard InChI is InChI=1S/C16H18ClNO2.ClH/c17-15-6-2-1-5-14(15)16-8-7-13(20-16)11-18-10-12-4-3-9-19-12;/h1-2,5-8,12,18H,3-4,9-11H2;1H. The zero-order chi connectivity index (χ0) is 13.8. The van der Waals surface area contributed by atoms with Gasteiger partial charge in [0.05, 0.1) is 17.7 Å². The van der Waals surface area contributed by atoms with E-state index in [1.54, 1.807) is 0 Å². The lowest BCUT2D eigenvalue weighted by Gasteiger charge is -2.09. The van der Waals surface area contributed by atoms with E-state index in [4.69, 9.17) is 20.8 Å². The quantitative estimate of drug-likeness (QED) is 0.889. The number of nitrogens with one attached hydrogen (secondary N) is 1. The molecule has 0 spiro atoms. The van der Waals surface area contributed by atoms with E-state index in [9.17, 15) is 0 Å². The van der Waals surface area contributed by atoms with Crippen LogP contribution in [0, 0.1) is 0 Å². The van der Waals surface area contributed by atoms with Gasteiger partial charge in [-0.1, -0.05) is 23.7 Å². The molecule has 0 saturated carbocycles. The molecule has 114 valence electrons. The van der Waals surface area contributed by atoms with E-state index >= 15 is 0 Å². The molecule has 3 rings (SSSR count). The first kappa shape index (κ1) is 16.4. The summed E-state index contributed by atoms with van der Waals surface area (Å²) >= 11 is 6.17. The van der Waals surface area contributed by atoms with Gasteiger partial charge >= 0.3 is 0 Å². The second-order valence-corrected chi connectivity index (χ2v) is 5.42. The van der Waals surface area contributed by atoms with Crippen molar-refractivity contribution >= 4 is 24.0 Å². The molecule has 1 aliphatic rings. The molecule has 1 unspecified atom stereocenters.